The minimum atomic E-state index is -0.956. The van der Waals surface area contributed by atoms with Gasteiger partial charge in [-0.15, -0.1) is 0 Å². The molecule has 1 aromatic heterocycles. The monoisotopic (exact) mass is 480 g/mol. The number of hydrogen-bond donors (Lipinski definition) is 1. The summed E-state index contributed by atoms with van der Waals surface area (Å²) < 4.78 is 30.1. The average molecular weight is 481 g/mol. The predicted molar refractivity (Wildman–Crippen MR) is 120 cm³/mol. The molecule has 1 aromatic carbocycles. The summed E-state index contributed by atoms with van der Waals surface area (Å²) in [7, 11) is 0. The fourth-order valence-electron chi connectivity index (χ4n) is 4.21. The Kier molecular flexibility index (Phi) is 6.98. The number of hydrogen-bond acceptors (Lipinski definition) is 3. The third kappa shape index (κ3) is 5.22. The van der Waals surface area contributed by atoms with Crippen molar-refractivity contribution in [3.8, 4) is 0 Å². The summed E-state index contributed by atoms with van der Waals surface area (Å²) >= 11 is 13.2. The first-order valence-corrected chi connectivity index (χ1v) is 11.3. The summed E-state index contributed by atoms with van der Waals surface area (Å²) in [5.74, 6) is -1.21. The molecule has 1 aliphatic heterocycles. The van der Waals surface area contributed by atoms with Crippen LogP contribution in [0, 0.1) is 17.6 Å². The van der Waals surface area contributed by atoms with Crippen molar-refractivity contribution in [1.29, 1.82) is 0 Å². The highest BCUT2D eigenvalue weighted by atomic mass is 35.5. The van der Waals surface area contributed by atoms with Crippen LogP contribution in [0.1, 0.15) is 18.4 Å². The first-order valence-electron chi connectivity index (χ1n) is 10.5. The Bertz CT molecular complexity index is 1010. The van der Waals surface area contributed by atoms with Gasteiger partial charge in [0.2, 0.25) is 5.91 Å². The van der Waals surface area contributed by atoms with Crippen molar-refractivity contribution in [2.24, 2.45) is 5.92 Å². The third-order valence-corrected chi connectivity index (χ3v) is 6.61. The molecule has 1 N–H and O–H groups in total. The summed E-state index contributed by atoms with van der Waals surface area (Å²) in [6.45, 7) is 1.65. The Labute approximate surface area is 195 Å². The van der Waals surface area contributed by atoms with Crippen molar-refractivity contribution >= 4 is 29.1 Å². The maximum Gasteiger partial charge on any atom is 0.223 e. The zero-order valence-corrected chi connectivity index (χ0v) is 18.9. The van der Waals surface area contributed by atoms with Gasteiger partial charge in [-0.3, -0.25) is 10.1 Å². The van der Waals surface area contributed by atoms with E-state index >= 15 is 0 Å². The van der Waals surface area contributed by atoms with Crippen molar-refractivity contribution in [2.75, 3.05) is 13.1 Å². The summed E-state index contributed by atoms with van der Waals surface area (Å²) in [6, 6.07) is 3.42. The number of benzene rings is 1. The first kappa shape index (κ1) is 23.0. The summed E-state index contributed by atoms with van der Waals surface area (Å²) in [4.78, 5) is 17.4. The molecule has 4 rings (SSSR count). The van der Waals surface area contributed by atoms with Crippen LogP contribution in [0.25, 0.3) is 0 Å². The molecule has 170 valence electrons. The second-order valence-corrected chi connectivity index (χ2v) is 9.25. The van der Waals surface area contributed by atoms with E-state index in [-0.39, 0.29) is 23.8 Å². The lowest BCUT2D eigenvalue weighted by atomic mass is 9.89. The summed E-state index contributed by atoms with van der Waals surface area (Å²) in [5, 5.41) is 3.67. The number of amides is 1. The normalized spacial score (nSPS) is 25.8. The standard InChI is InChI=1S/C23H24Cl2F2N4O/c24-18-13-23(25,29-9-11-30-10-8-28-15-30)7-6-21(18)31-14-16(4-5-22(31)32)12-17-19(26)2-1-3-20(17)27/h1-3,6-8,10,13,15-16,21,29H,4-5,9,11-12,14H2. The lowest BCUT2D eigenvalue weighted by Gasteiger charge is -2.39. The number of nitrogens with one attached hydrogen (secondary N) is 1. The quantitative estimate of drug-likeness (QED) is 0.366. The van der Waals surface area contributed by atoms with Gasteiger partial charge in [0.05, 0.1) is 12.4 Å². The Balaban J connectivity index is 1.40. The molecule has 0 saturated carbocycles. The second kappa shape index (κ2) is 9.73. The fourth-order valence-corrected chi connectivity index (χ4v) is 4.91. The van der Waals surface area contributed by atoms with Crippen LogP contribution in [-0.4, -0.2) is 44.5 Å². The van der Waals surface area contributed by atoms with Crippen LogP contribution in [-0.2, 0) is 17.8 Å². The highest BCUT2D eigenvalue weighted by Gasteiger charge is 2.36. The minimum absolute atomic E-state index is 0.0356. The zero-order chi connectivity index (χ0) is 22.7. The number of carbonyl (C=O) groups is 1. The molecule has 1 saturated heterocycles. The number of nitrogens with zero attached hydrogens (tertiary/aromatic N) is 3. The molecule has 0 bridgehead atoms. The molecule has 1 aliphatic carbocycles. The Hall–Kier alpha value is -2.22. The van der Waals surface area contributed by atoms with Crippen LogP contribution in [0.15, 0.2) is 60.2 Å². The highest BCUT2D eigenvalue weighted by molar-refractivity contribution is 6.33. The van der Waals surface area contributed by atoms with Crippen molar-refractivity contribution in [2.45, 2.75) is 36.8 Å². The molecule has 32 heavy (non-hydrogen) atoms. The average Bonchev–Trinajstić information content (AvgIpc) is 3.26. The van der Waals surface area contributed by atoms with E-state index in [1.807, 2.05) is 16.8 Å². The number of piperidine rings is 1. The molecule has 0 spiro atoms. The van der Waals surface area contributed by atoms with Crippen molar-refractivity contribution in [3.63, 3.8) is 0 Å². The largest absolute Gasteiger partial charge is 0.336 e. The topological polar surface area (TPSA) is 50.2 Å². The van der Waals surface area contributed by atoms with E-state index in [0.717, 1.165) is 0 Å². The van der Waals surface area contributed by atoms with Crippen molar-refractivity contribution in [1.82, 2.24) is 19.8 Å². The van der Waals surface area contributed by atoms with Crippen LogP contribution in [0.3, 0.4) is 0 Å². The summed E-state index contributed by atoms with van der Waals surface area (Å²) in [6.07, 6.45) is 11.7. The van der Waals surface area contributed by atoms with Gasteiger partial charge < -0.3 is 9.47 Å². The highest BCUT2D eigenvalue weighted by Crippen LogP contribution is 2.33. The maximum atomic E-state index is 14.1. The molecule has 0 radical (unpaired) electrons. The van der Waals surface area contributed by atoms with E-state index in [2.05, 4.69) is 10.3 Å². The fraction of sp³-hybridized carbons (Fsp3) is 0.391. The number of likely N-dealkylation sites (tertiary alicyclic amines) is 1. The van der Waals surface area contributed by atoms with Crippen LogP contribution in [0.5, 0.6) is 0 Å². The molecule has 3 unspecified atom stereocenters. The van der Waals surface area contributed by atoms with Gasteiger partial charge >= 0.3 is 0 Å². The maximum absolute atomic E-state index is 14.1. The molecule has 2 aromatic rings. The van der Waals surface area contributed by atoms with Crippen LogP contribution in [0.2, 0.25) is 0 Å². The lowest BCUT2D eigenvalue weighted by molar-refractivity contribution is -0.135. The predicted octanol–water partition coefficient (Wildman–Crippen LogP) is 4.23. The third-order valence-electron chi connectivity index (χ3n) is 5.91. The van der Waals surface area contributed by atoms with Gasteiger partial charge in [0, 0.05) is 49.0 Å². The molecule has 1 amide bonds. The van der Waals surface area contributed by atoms with E-state index in [1.54, 1.807) is 29.6 Å². The van der Waals surface area contributed by atoms with Crippen molar-refractivity contribution in [3.05, 3.63) is 77.4 Å². The smallest absolute Gasteiger partial charge is 0.223 e. The molecule has 9 heteroatoms. The van der Waals surface area contributed by atoms with Gasteiger partial charge in [0.1, 0.15) is 16.6 Å². The number of carbonyl (C=O) groups excluding carboxylic acids is 1. The number of imidazole rings is 1. The van der Waals surface area contributed by atoms with Gasteiger partial charge in [-0.05, 0) is 43.0 Å². The Morgan fingerprint density at radius 3 is 2.75 bits per heavy atom. The Morgan fingerprint density at radius 2 is 2.06 bits per heavy atom. The lowest BCUT2D eigenvalue weighted by Crippen LogP contribution is -2.49. The van der Waals surface area contributed by atoms with E-state index in [4.69, 9.17) is 23.2 Å². The van der Waals surface area contributed by atoms with E-state index in [0.29, 0.717) is 37.5 Å². The number of aromatic nitrogens is 2. The van der Waals surface area contributed by atoms with Gasteiger partial charge in [-0.25, -0.2) is 13.8 Å². The second-order valence-electron chi connectivity index (χ2n) is 8.18. The molecule has 2 aliphatic rings. The summed E-state index contributed by atoms with van der Waals surface area (Å²) in [5.41, 5.74) is 0.0643. The SMILES string of the molecule is O=C1CCC(Cc2c(F)cccc2F)CN1C1C=CC(Cl)(NCCn2ccnc2)C=C1Cl. The Morgan fingerprint density at radius 1 is 1.28 bits per heavy atom. The van der Waals surface area contributed by atoms with Gasteiger partial charge in [-0.1, -0.05) is 35.3 Å². The van der Waals surface area contributed by atoms with E-state index in [1.165, 1.54) is 18.2 Å². The molecular weight excluding hydrogens is 457 g/mol. The van der Waals surface area contributed by atoms with Gasteiger partial charge in [0.15, 0.2) is 0 Å². The number of alkyl halides is 1. The first-order chi connectivity index (χ1) is 15.3. The molecule has 2 heterocycles. The van der Waals surface area contributed by atoms with Gasteiger partial charge in [0.25, 0.3) is 0 Å². The number of rotatable bonds is 7. The van der Waals surface area contributed by atoms with Crippen LogP contribution >= 0.6 is 23.2 Å². The molecule has 1 fully saturated rings. The molecule has 5 nitrogen and oxygen atoms in total. The van der Waals surface area contributed by atoms with E-state index in [9.17, 15) is 13.6 Å². The minimum Gasteiger partial charge on any atom is -0.336 e. The van der Waals surface area contributed by atoms with Crippen LogP contribution in [0.4, 0.5) is 8.78 Å². The van der Waals surface area contributed by atoms with Crippen LogP contribution < -0.4 is 5.32 Å². The zero-order valence-electron chi connectivity index (χ0n) is 17.4. The van der Waals surface area contributed by atoms with Crippen molar-refractivity contribution < 1.29 is 13.6 Å². The van der Waals surface area contributed by atoms with Gasteiger partial charge in [-0.2, -0.15) is 0 Å². The number of halogens is 4. The van der Waals surface area contributed by atoms with E-state index < -0.39 is 22.7 Å². The molecular formula is C23H24Cl2F2N4O. The molecule has 3 atom stereocenters.